The third-order valence-corrected chi connectivity index (χ3v) is 5.89. The summed E-state index contributed by atoms with van der Waals surface area (Å²) in [5.41, 5.74) is 2.28. The highest BCUT2D eigenvalue weighted by Gasteiger charge is 2.26. The average Bonchev–Trinajstić information content (AvgIpc) is 3.19. The van der Waals surface area contributed by atoms with E-state index in [1.165, 1.54) is 6.33 Å². The molecule has 33 heavy (non-hydrogen) atoms. The molecule has 0 spiro atoms. The van der Waals surface area contributed by atoms with Gasteiger partial charge in [0.05, 0.1) is 10.9 Å². The number of aromatic nitrogens is 3. The number of anilines is 1. The second kappa shape index (κ2) is 9.21. The van der Waals surface area contributed by atoms with Crippen LogP contribution in [0.15, 0.2) is 36.8 Å². The monoisotopic (exact) mass is 449 g/mol. The Morgan fingerprint density at radius 3 is 2.42 bits per heavy atom. The van der Waals surface area contributed by atoms with Crippen molar-refractivity contribution in [3.05, 3.63) is 53.5 Å². The van der Waals surface area contributed by atoms with E-state index in [2.05, 4.69) is 25.6 Å². The number of ketones is 1. The van der Waals surface area contributed by atoms with Gasteiger partial charge in [-0.25, -0.2) is 14.8 Å². The molecule has 1 saturated carbocycles. The molecule has 8 nitrogen and oxygen atoms in total. The fourth-order valence-electron chi connectivity index (χ4n) is 4.27. The smallest absolute Gasteiger partial charge is 0.407 e. The summed E-state index contributed by atoms with van der Waals surface area (Å²) in [5.74, 6) is 0.601. The molecule has 1 fully saturated rings. The van der Waals surface area contributed by atoms with Crippen molar-refractivity contribution in [3.8, 4) is 0 Å². The molecule has 0 radical (unpaired) electrons. The highest BCUT2D eigenvalue weighted by atomic mass is 16.6. The van der Waals surface area contributed by atoms with Crippen LogP contribution in [0, 0.1) is 6.92 Å². The number of H-pyrrole nitrogens is 1. The highest BCUT2D eigenvalue weighted by molar-refractivity contribution is 6.18. The molecule has 2 heterocycles. The van der Waals surface area contributed by atoms with Gasteiger partial charge in [-0.15, -0.1) is 0 Å². The molecule has 0 bridgehead atoms. The van der Waals surface area contributed by atoms with E-state index >= 15 is 0 Å². The van der Waals surface area contributed by atoms with Crippen LogP contribution in [0.2, 0.25) is 0 Å². The summed E-state index contributed by atoms with van der Waals surface area (Å²) in [4.78, 5) is 37.2. The van der Waals surface area contributed by atoms with Crippen LogP contribution in [0.5, 0.6) is 0 Å². The Kier molecular flexibility index (Phi) is 6.35. The molecule has 8 heteroatoms. The fraction of sp³-hybridized carbons (Fsp3) is 0.440. The van der Waals surface area contributed by atoms with Gasteiger partial charge in [0.1, 0.15) is 23.4 Å². The quantitative estimate of drug-likeness (QED) is 0.485. The maximum absolute atomic E-state index is 13.3. The van der Waals surface area contributed by atoms with Gasteiger partial charge in [-0.3, -0.25) is 4.79 Å². The number of rotatable bonds is 5. The molecule has 3 N–H and O–H groups in total. The number of alkyl carbamates (subject to hydrolysis) is 1. The second-order valence-corrected chi connectivity index (χ2v) is 9.63. The van der Waals surface area contributed by atoms with Gasteiger partial charge in [0.15, 0.2) is 5.78 Å². The van der Waals surface area contributed by atoms with Gasteiger partial charge in [-0.1, -0.05) is 24.3 Å². The molecule has 174 valence electrons. The summed E-state index contributed by atoms with van der Waals surface area (Å²) in [7, 11) is 0. The van der Waals surface area contributed by atoms with Crippen molar-refractivity contribution >= 4 is 28.7 Å². The van der Waals surface area contributed by atoms with Crippen molar-refractivity contribution in [2.24, 2.45) is 0 Å². The van der Waals surface area contributed by atoms with E-state index in [-0.39, 0.29) is 24.0 Å². The number of ether oxygens (including phenoxy) is 1. The molecule has 1 amide bonds. The number of hydrogen-bond donors (Lipinski definition) is 3. The standard InChI is InChI=1S/C25H31N5O3/c1-15-7-5-6-8-18(15)21(31)19-13-26-22-20(19)23(28-14-27-22)29-16-9-11-17(12-10-16)30-24(32)33-25(2,3)4/h5-8,13-14,16-17H,9-12H2,1-4H3,(H,30,32)(H2,26,27,28,29)/t16-,17+. The number of nitrogens with zero attached hydrogens (tertiary/aromatic N) is 2. The number of amides is 1. The summed E-state index contributed by atoms with van der Waals surface area (Å²) in [5, 5.41) is 7.19. The Bertz CT molecular complexity index is 1160. The average molecular weight is 450 g/mol. The Labute approximate surface area is 193 Å². The molecule has 1 aromatic carbocycles. The van der Waals surface area contributed by atoms with Crippen LogP contribution in [0.3, 0.4) is 0 Å². The van der Waals surface area contributed by atoms with Crippen LogP contribution in [0.25, 0.3) is 11.0 Å². The van der Waals surface area contributed by atoms with Crippen LogP contribution in [0.1, 0.15) is 67.9 Å². The Balaban J connectivity index is 1.46. The van der Waals surface area contributed by atoms with Crippen LogP contribution in [-0.2, 0) is 4.74 Å². The minimum absolute atomic E-state index is 0.0533. The number of aromatic amines is 1. The summed E-state index contributed by atoms with van der Waals surface area (Å²) in [6.07, 6.45) is 6.26. The number of benzene rings is 1. The zero-order valence-electron chi connectivity index (χ0n) is 19.6. The van der Waals surface area contributed by atoms with Crippen molar-refractivity contribution in [3.63, 3.8) is 0 Å². The first-order valence-corrected chi connectivity index (χ1v) is 11.4. The molecule has 0 atom stereocenters. The van der Waals surface area contributed by atoms with Crippen LogP contribution in [-0.4, -0.2) is 44.5 Å². The van der Waals surface area contributed by atoms with Gasteiger partial charge >= 0.3 is 6.09 Å². The largest absolute Gasteiger partial charge is 0.444 e. The minimum Gasteiger partial charge on any atom is -0.444 e. The van der Waals surface area contributed by atoms with E-state index in [9.17, 15) is 9.59 Å². The second-order valence-electron chi connectivity index (χ2n) is 9.63. The molecule has 1 aliphatic carbocycles. The van der Waals surface area contributed by atoms with Gasteiger partial charge in [0, 0.05) is 23.8 Å². The van der Waals surface area contributed by atoms with Crippen LogP contribution in [0.4, 0.5) is 10.6 Å². The van der Waals surface area contributed by atoms with Gasteiger partial charge in [0.25, 0.3) is 0 Å². The van der Waals surface area contributed by atoms with Crippen molar-refractivity contribution in [1.82, 2.24) is 20.3 Å². The van der Waals surface area contributed by atoms with E-state index in [0.29, 0.717) is 28.0 Å². The predicted octanol–water partition coefficient (Wildman–Crippen LogP) is 4.75. The molecule has 4 rings (SSSR count). The molecule has 0 aliphatic heterocycles. The first kappa shape index (κ1) is 22.8. The summed E-state index contributed by atoms with van der Waals surface area (Å²) in [6.45, 7) is 7.50. The molecule has 0 saturated heterocycles. The number of carbonyl (C=O) groups excluding carboxylic acids is 2. The topological polar surface area (TPSA) is 109 Å². The maximum atomic E-state index is 13.3. The van der Waals surface area contributed by atoms with E-state index in [1.54, 1.807) is 6.20 Å². The number of fused-ring (bicyclic) bond motifs is 1. The van der Waals surface area contributed by atoms with Gasteiger partial charge < -0.3 is 20.4 Å². The molecule has 3 aromatic rings. The number of nitrogens with one attached hydrogen (secondary N) is 3. The number of carbonyl (C=O) groups is 2. The zero-order valence-corrected chi connectivity index (χ0v) is 19.6. The van der Waals surface area contributed by atoms with Crippen molar-refractivity contribution < 1.29 is 14.3 Å². The van der Waals surface area contributed by atoms with E-state index < -0.39 is 5.60 Å². The van der Waals surface area contributed by atoms with Gasteiger partial charge in [-0.05, 0) is 58.9 Å². The summed E-state index contributed by atoms with van der Waals surface area (Å²) < 4.78 is 5.36. The predicted molar refractivity (Wildman–Crippen MR) is 128 cm³/mol. The van der Waals surface area contributed by atoms with Crippen LogP contribution >= 0.6 is 0 Å². The highest BCUT2D eigenvalue weighted by Crippen LogP contribution is 2.29. The fourth-order valence-corrected chi connectivity index (χ4v) is 4.27. The van der Waals surface area contributed by atoms with E-state index in [0.717, 1.165) is 31.2 Å². The Morgan fingerprint density at radius 2 is 1.73 bits per heavy atom. The molecular weight excluding hydrogens is 418 g/mol. The first-order valence-electron chi connectivity index (χ1n) is 11.4. The zero-order chi connectivity index (χ0) is 23.6. The lowest BCUT2D eigenvalue weighted by Crippen LogP contribution is -2.42. The number of hydrogen-bond acceptors (Lipinski definition) is 6. The third-order valence-electron chi connectivity index (χ3n) is 5.89. The Morgan fingerprint density at radius 1 is 1.03 bits per heavy atom. The third kappa shape index (κ3) is 5.32. The van der Waals surface area contributed by atoms with Gasteiger partial charge in [0.2, 0.25) is 0 Å². The summed E-state index contributed by atoms with van der Waals surface area (Å²) in [6, 6.07) is 7.85. The van der Waals surface area contributed by atoms with Crippen molar-refractivity contribution in [2.45, 2.75) is 71.1 Å². The van der Waals surface area contributed by atoms with Crippen LogP contribution < -0.4 is 10.6 Å². The van der Waals surface area contributed by atoms with Crippen molar-refractivity contribution in [1.29, 1.82) is 0 Å². The summed E-state index contributed by atoms with van der Waals surface area (Å²) >= 11 is 0. The number of aryl methyl sites for hydroxylation is 1. The lowest BCUT2D eigenvalue weighted by molar-refractivity contribution is 0.0492. The lowest BCUT2D eigenvalue weighted by Gasteiger charge is -2.30. The lowest BCUT2D eigenvalue weighted by atomic mass is 9.91. The molecule has 0 unspecified atom stereocenters. The molecule has 1 aliphatic rings. The Hall–Kier alpha value is -3.42. The van der Waals surface area contributed by atoms with E-state index in [1.807, 2.05) is 52.0 Å². The van der Waals surface area contributed by atoms with Gasteiger partial charge in [-0.2, -0.15) is 0 Å². The molecular formula is C25H31N5O3. The first-order chi connectivity index (χ1) is 15.7. The maximum Gasteiger partial charge on any atom is 0.407 e. The SMILES string of the molecule is Cc1ccccc1C(=O)c1c[nH]c2ncnc(N[C@H]3CC[C@@H](NC(=O)OC(C)(C)C)CC3)c12. The van der Waals surface area contributed by atoms with Crippen molar-refractivity contribution in [2.75, 3.05) is 5.32 Å². The van der Waals surface area contributed by atoms with E-state index in [4.69, 9.17) is 4.74 Å². The minimum atomic E-state index is -0.509. The normalized spacial score (nSPS) is 18.7. The molecule has 2 aromatic heterocycles.